The zero-order valence-corrected chi connectivity index (χ0v) is 15.6. The van der Waals surface area contributed by atoms with Gasteiger partial charge in [0.15, 0.2) is 0 Å². The molecule has 3 aromatic carbocycles. The highest BCUT2D eigenvalue weighted by Gasteiger charge is 2.21. The molecule has 0 aliphatic heterocycles. The van der Waals surface area contributed by atoms with Crippen LogP contribution in [0.5, 0.6) is 5.75 Å². The summed E-state index contributed by atoms with van der Waals surface area (Å²) in [7, 11) is -4.07. The summed E-state index contributed by atoms with van der Waals surface area (Å²) in [5, 5.41) is 9.43. The average Bonchev–Trinajstić information content (AvgIpc) is 2.72. The zero-order valence-electron chi connectivity index (χ0n) is 14.7. The lowest BCUT2D eigenvalue weighted by Crippen LogP contribution is -2.04. The Labute approximate surface area is 163 Å². The molecule has 28 heavy (non-hydrogen) atoms. The van der Waals surface area contributed by atoms with Gasteiger partial charge in [-0.3, -0.25) is 0 Å². The van der Waals surface area contributed by atoms with E-state index >= 15 is 0 Å². The second kappa shape index (κ2) is 8.51. The van der Waals surface area contributed by atoms with Crippen LogP contribution in [0.15, 0.2) is 88.7 Å². The molecular formula is C22H16FNO3S. The summed E-state index contributed by atoms with van der Waals surface area (Å²) in [6.07, 6.45) is 1.26. The van der Waals surface area contributed by atoms with E-state index in [1.807, 2.05) is 30.3 Å². The van der Waals surface area contributed by atoms with Crippen LogP contribution in [0.25, 0.3) is 6.08 Å². The molecule has 0 aliphatic carbocycles. The molecule has 0 bridgehead atoms. The third-order valence-corrected chi connectivity index (χ3v) is 5.65. The summed E-state index contributed by atoms with van der Waals surface area (Å²) in [5.41, 5.74) is 1.42. The van der Waals surface area contributed by atoms with E-state index in [-0.39, 0.29) is 4.90 Å². The Morgan fingerprint density at radius 3 is 2.29 bits per heavy atom. The lowest BCUT2D eigenvalue weighted by Gasteiger charge is -2.10. The number of benzene rings is 3. The van der Waals surface area contributed by atoms with Crippen molar-refractivity contribution in [2.45, 2.75) is 11.5 Å². The molecule has 0 fully saturated rings. The fourth-order valence-electron chi connectivity index (χ4n) is 2.52. The van der Waals surface area contributed by atoms with Gasteiger partial charge < -0.3 is 4.74 Å². The van der Waals surface area contributed by atoms with Crippen molar-refractivity contribution >= 4 is 15.9 Å². The number of hydrogen-bond donors (Lipinski definition) is 0. The number of hydrogen-bond acceptors (Lipinski definition) is 4. The third kappa shape index (κ3) is 4.45. The van der Waals surface area contributed by atoms with Crippen molar-refractivity contribution in [3.63, 3.8) is 0 Å². The van der Waals surface area contributed by atoms with Crippen LogP contribution >= 0.6 is 0 Å². The van der Waals surface area contributed by atoms with Crippen molar-refractivity contribution in [3.05, 3.63) is 101 Å². The Kier molecular flexibility index (Phi) is 5.87. The van der Waals surface area contributed by atoms with Crippen molar-refractivity contribution in [3.8, 4) is 11.8 Å². The molecule has 0 N–H and O–H groups in total. The highest BCUT2D eigenvalue weighted by Crippen LogP contribution is 2.26. The molecule has 0 heterocycles. The van der Waals surface area contributed by atoms with Gasteiger partial charge in [0.25, 0.3) is 0 Å². The maximum atomic E-state index is 13.1. The largest absolute Gasteiger partial charge is 0.488 e. The van der Waals surface area contributed by atoms with Crippen molar-refractivity contribution in [2.24, 2.45) is 0 Å². The molecule has 0 unspecified atom stereocenters. The van der Waals surface area contributed by atoms with Crippen LogP contribution in [0, 0.1) is 17.1 Å². The Balaban J connectivity index is 1.93. The van der Waals surface area contributed by atoms with Gasteiger partial charge in [-0.1, -0.05) is 48.5 Å². The van der Waals surface area contributed by atoms with Crippen LogP contribution in [0.1, 0.15) is 11.1 Å². The number of nitriles is 1. The van der Waals surface area contributed by atoms with E-state index in [1.54, 1.807) is 30.3 Å². The predicted molar refractivity (Wildman–Crippen MR) is 104 cm³/mol. The average molecular weight is 393 g/mol. The molecule has 0 radical (unpaired) electrons. The molecule has 3 aromatic rings. The summed E-state index contributed by atoms with van der Waals surface area (Å²) in [4.78, 5) is -0.598. The molecule has 140 valence electrons. The summed E-state index contributed by atoms with van der Waals surface area (Å²) in [6.45, 7) is 0.304. The van der Waals surface area contributed by atoms with Gasteiger partial charge in [-0.25, -0.2) is 12.8 Å². The maximum absolute atomic E-state index is 13.1. The van der Waals surface area contributed by atoms with E-state index in [2.05, 4.69) is 0 Å². The number of rotatable bonds is 6. The molecule has 0 aliphatic rings. The minimum absolute atomic E-state index is 0.149. The quantitative estimate of drug-likeness (QED) is 0.448. The highest BCUT2D eigenvalue weighted by atomic mass is 32.2. The second-order valence-corrected chi connectivity index (χ2v) is 7.81. The van der Waals surface area contributed by atoms with Crippen LogP contribution in [-0.2, 0) is 16.4 Å². The summed E-state index contributed by atoms with van der Waals surface area (Å²) in [5.74, 6) is -0.102. The van der Waals surface area contributed by atoms with Gasteiger partial charge in [0.1, 0.15) is 29.1 Å². The van der Waals surface area contributed by atoms with Crippen molar-refractivity contribution in [2.75, 3.05) is 0 Å². The normalized spacial score (nSPS) is 11.6. The molecule has 4 nitrogen and oxygen atoms in total. The molecule has 6 heteroatoms. The van der Waals surface area contributed by atoms with E-state index in [0.29, 0.717) is 17.9 Å². The predicted octanol–water partition coefficient (Wildman–Crippen LogP) is 4.74. The van der Waals surface area contributed by atoms with Crippen LogP contribution in [0.2, 0.25) is 0 Å². The molecule has 3 rings (SSSR count). The first-order valence-electron chi connectivity index (χ1n) is 8.39. The lowest BCUT2D eigenvalue weighted by atomic mass is 10.2. The van der Waals surface area contributed by atoms with Gasteiger partial charge in [0.05, 0.1) is 4.90 Å². The Bertz CT molecular complexity index is 1130. The fraction of sp³-hybridized carbons (Fsp3) is 0.0455. The Hall–Kier alpha value is -3.43. The van der Waals surface area contributed by atoms with E-state index in [9.17, 15) is 18.1 Å². The van der Waals surface area contributed by atoms with Crippen LogP contribution < -0.4 is 4.74 Å². The summed E-state index contributed by atoms with van der Waals surface area (Å²) >= 11 is 0. The molecule has 0 spiro atoms. The molecule has 0 saturated carbocycles. The Morgan fingerprint density at radius 1 is 0.964 bits per heavy atom. The molecule has 0 amide bonds. The SMILES string of the molecule is N#CC(=Cc1ccccc1OCc1ccccc1)S(=O)(=O)c1ccc(F)cc1. The second-order valence-electron chi connectivity index (χ2n) is 5.89. The van der Waals surface area contributed by atoms with E-state index < -0.39 is 20.6 Å². The number of nitrogens with zero attached hydrogens (tertiary/aromatic N) is 1. The van der Waals surface area contributed by atoms with Crippen molar-refractivity contribution < 1.29 is 17.5 Å². The fourth-order valence-corrected chi connectivity index (χ4v) is 3.67. The number of sulfone groups is 1. The van der Waals surface area contributed by atoms with E-state index in [1.165, 1.54) is 6.08 Å². The van der Waals surface area contributed by atoms with Crippen molar-refractivity contribution in [1.82, 2.24) is 0 Å². The number of para-hydroxylation sites is 1. The highest BCUT2D eigenvalue weighted by molar-refractivity contribution is 7.95. The van der Waals surface area contributed by atoms with Crippen molar-refractivity contribution in [1.29, 1.82) is 5.26 Å². The van der Waals surface area contributed by atoms with E-state index in [4.69, 9.17) is 4.74 Å². The van der Waals surface area contributed by atoms with Crippen LogP contribution in [-0.4, -0.2) is 8.42 Å². The van der Waals surface area contributed by atoms with Gasteiger partial charge in [-0.05, 0) is 42.0 Å². The Morgan fingerprint density at radius 2 is 1.61 bits per heavy atom. The van der Waals surface area contributed by atoms with Gasteiger partial charge in [0, 0.05) is 5.56 Å². The monoisotopic (exact) mass is 393 g/mol. The maximum Gasteiger partial charge on any atom is 0.216 e. The third-order valence-electron chi connectivity index (χ3n) is 3.97. The number of halogens is 1. The van der Waals surface area contributed by atoms with Gasteiger partial charge >= 0.3 is 0 Å². The van der Waals surface area contributed by atoms with Gasteiger partial charge in [-0.15, -0.1) is 0 Å². The lowest BCUT2D eigenvalue weighted by molar-refractivity contribution is 0.305. The number of ether oxygens (including phenoxy) is 1. The topological polar surface area (TPSA) is 67.2 Å². The zero-order chi connectivity index (χ0) is 20.0. The standard InChI is InChI=1S/C22H16FNO3S/c23-19-10-12-20(13-11-19)28(25,26)21(15-24)14-18-8-4-5-9-22(18)27-16-17-6-2-1-3-7-17/h1-14H,16H2. The first kappa shape index (κ1) is 19.3. The molecule has 0 atom stereocenters. The molecular weight excluding hydrogens is 377 g/mol. The van der Waals surface area contributed by atoms with E-state index in [0.717, 1.165) is 29.8 Å². The van der Waals surface area contributed by atoms with Crippen LogP contribution in [0.3, 0.4) is 0 Å². The van der Waals surface area contributed by atoms with Crippen LogP contribution in [0.4, 0.5) is 4.39 Å². The molecule has 0 aromatic heterocycles. The smallest absolute Gasteiger partial charge is 0.216 e. The molecule has 0 saturated heterocycles. The first-order valence-corrected chi connectivity index (χ1v) is 9.87. The minimum Gasteiger partial charge on any atom is -0.488 e. The number of allylic oxidation sites excluding steroid dienone is 1. The van der Waals surface area contributed by atoms with Gasteiger partial charge in [0.2, 0.25) is 9.84 Å². The minimum atomic E-state index is -4.07. The van der Waals surface area contributed by atoms with Gasteiger partial charge in [-0.2, -0.15) is 5.26 Å². The first-order chi connectivity index (χ1) is 13.5. The summed E-state index contributed by atoms with van der Waals surface area (Å²) in [6, 6.07) is 22.5. The summed E-state index contributed by atoms with van der Waals surface area (Å²) < 4.78 is 44.3.